The molecule has 0 aliphatic carbocycles. The van der Waals surface area contributed by atoms with Crippen LogP contribution in [0.4, 0.5) is 22.0 Å². The number of carboxylic acids is 1. The van der Waals surface area contributed by atoms with Gasteiger partial charge < -0.3 is 14.6 Å². The molecule has 0 saturated carbocycles. The van der Waals surface area contributed by atoms with Crippen LogP contribution < -0.4 is 9.47 Å². The average molecular weight is 301 g/mol. The van der Waals surface area contributed by atoms with Gasteiger partial charge in [0, 0.05) is 6.07 Å². The Morgan fingerprint density at radius 3 is 2.45 bits per heavy atom. The van der Waals surface area contributed by atoms with Gasteiger partial charge in [0.25, 0.3) is 6.43 Å². The molecular weight excluding hydrogens is 293 g/mol. The van der Waals surface area contributed by atoms with Crippen LogP contribution >= 0.6 is 0 Å². The summed E-state index contributed by atoms with van der Waals surface area (Å²) in [4.78, 5) is 13.7. The van der Waals surface area contributed by atoms with E-state index in [2.05, 4.69) is 14.5 Å². The summed E-state index contributed by atoms with van der Waals surface area (Å²) >= 11 is 0. The van der Waals surface area contributed by atoms with Gasteiger partial charge in [-0.3, -0.25) is 4.79 Å². The van der Waals surface area contributed by atoms with Crippen LogP contribution in [0.2, 0.25) is 0 Å². The highest BCUT2D eigenvalue weighted by atomic mass is 19.4. The molecule has 10 heteroatoms. The van der Waals surface area contributed by atoms with Crippen LogP contribution in [0.5, 0.6) is 11.8 Å². The third-order valence-corrected chi connectivity index (χ3v) is 2.06. The number of methoxy groups -OCH3 is 1. The van der Waals surface area contributed by atoms with E-state index in [1.54, 1.807) is 0 Å². The van der Waals surface area contributed by atoms with E-state index in [1.807, 2.05) is 0 Å². The summed E-state index contributed by atoms with van der Waals surface area (Å²) in [5.74, 6) is -3.40. The van der Waals surface area contributed by atoms with Crippen molar-refractivity contribution >= 4 is 5.97 Å². The SMILES string of the molecule is COc1nc(OC(F)(F)F)cc(CC(=O)O)c1C(F)F. The number of aromatic nitrogens is 1. The number of aliphatic carboxylic acids is 1. The normalized spacial score (nSPS) is 11.6. The third-order valence-electron chi connectivity index (χ3n) is 2.06. The average Bonchev–Trinajstić information content (AvgIpc) is 2.24. The molecule has 0 aromatic carbocycles. The molecule has 0 aliphatic heterocycles. The van der Waals surface area contributed by atoms with E-state index in [4.69, 9.17) is 5.11 Å². The van der Waals surface area contributed by atoms with Crippen molar-refractivity contribution in [3.05, 3.63) is 17.2 Å². The first-order chi connectivity index (χ1) is 9.14. The molecule has 1 heterocycles. The Morgan fingerprint density at radius 1 is 1.45 bits per heavy atom. The molecule has 0 saturated heterocycles. The molecule has 1 rings (SSSR count). The van der Waals surface area contributed by atoms with Crippen LogP contribution in [0.1, 0.15) is 17.6 Å². The van der Waals surface area contributed by atoms with Gasteiger partial charge in [0.05, 0.1) is 19.1 Å². The van der Waals surface area contributed by atoms with Crippen LogP contribution in [0.15, 0.2) is 6.07 Å². The van der Waals surface area contributed by atoms with Crippen molar-refractivity contribution in [1.82, 2.24) is 4.98 Å². The molecule has 0 bridgehead atoms. The van der Waals surface area contributed by atoms with E-state index in [-0.39, 0.29) is 0 Å². The minimum absolute atomic E-state index is 0.492. The Balaban J connectivity index is 3.35. The van der Waals surface area contributed by atoms with Gasteiger partial charge >= 0.3 is 12.3 Å². The number of halogens is 5. The largest absolute Gasteiger partial charge is 0.574 e. The van der Waals surface area contributed by atoms with Gasteiger partial charge in [0.15, 0.2) is 0 Å². The van der Waals surface area contributed by atoms with Crippen LogP contribution in [0.25, 0.3) is 0 Å². The van der Waals surface area contributed by atoms with Crippen LogP contribution in [-0.4, -0.2) is 29.5 Å². The molecule has 5 nitrogen and oxygen atoms in total. The van der Waals surface area contributed by atoms with E-state index in [1.165, 1.54) is 0 Å². The van der Waals surface area contributed by atoms with Crippen LogP contribution in [-0.2, 0) is 11.2 Å². The molecule has 1 N–H and O–H groups in total. The first-order valence-electron chi connectivity index (χ1n) is 4.97. The van der Waals surface area contributed by atoms with Gasteiger partial charge in [-0.05, 0) is 5.56 Å². The summed E-state index contributed by atoms with van der Waals surface area (Å²) in [7, 11) is 0.913. The number of alkyl halides is 5. The molecule has 0 aliphatic rings. The molecular formula is C10H8F5NO4. The molecule has 0 fully saturated rings. The van der Waals surface area contributed by atoms with Crippen molar-refractivity contribution in [3.8, 4) is 11.8 Å². The first kappa shape index (κ1) is 15.9. The monoisotopic (exact) mass is 301 g/mol. The highest BCUT2D eigenvalue weighted by Gasteiger charge is 2.33. The quantitative estimate of drug-likeness (QED) is 0.846. The molecule has 112 valence electrons. The lowest BCUT2D eigenvalue weighted by molar-refractivity contribution is -0.276. The van der Waals surface area contributed by atoms with Gasteiger partial charge in [-0.1, -0.05) is 0 Å². The zero-order valence-electron chi connectivity index (χ0n) is 9.87. The van der Waals surface area contributed by atoms with Crippen molar-refractivity contribution in [1.29, 1.82) is 0 Å². The fourth-order valence-corrected chi connectivity index (χ4v) is 1.43. The van der Waals surface area contributed by atoms with Gasteiger partial charge in [-0.15, -0.1) is 13.2 Å². The Morgan fingerprint density at radius 2 is 2.05 bits per heavy atom. The molecule has 0 unspecified atom stereocenters. The Labute approximate surface area is 108 Å². The molecule has 0 atom stereocenters. The highest BCUT2D eigenvalue weighted by molar-refractivity contribution is 5.71. The lowest BCUT2D eigenvalue weighted by atomic mass is 10.1. The van der Waals surface area contributed by atoms with Crippen molar-refractivity contribution in [2.75, 3.05) is 7.11 Å². The maximum absolute atomic E-state index is 12.8. The predicted molar refractivity (Wildman–Crippen MR) is 53.8 cm³/mol. The lowest BCUT2D eigenvalue weighted by Gasteiger charge is -2.14. The van der Waals surface area contributed by atoms with Crippen LogP contribution in [0.3, 0.4) is 0 Å². The van der Waals surface area contributed by atoms with E-state index in [0.29, 0.717) is 6.07 Å². The molecule has 1 aromatic heterocycles. The second kappa shape index (κ2) is 5.88. The summed E-state index contributed by atoms with van der Waals surface area (Å²) in [6, 6.07) is 0.492. The molecule has 20 heavy (non-hydrogen) atoms. The maximum Gasteiger partial charge on any atom is 0.574 e. The molecule has 0 radical (unpaired) electrons. The number of hydrogen-bond donors (Lipinski definition) is 1. The molecule has 0 amide bonds. The van der Waals surface area contributed by atoms with E-state index in [0.717, 1.165) is 7.11 Å². The van der Waals surface area contributed by atoms with Crippen LogP contribution in [0, 0.1) is 0 Å². The zero-order chi connectivity index (χ0) is 15.5. The first-order valence-corrected chi connectivity index (χ1v) is 4.97. The second-order valence-electron chi connectivity index (χ2n) is 3.46. The summed E-state index contributed by atoms with van der Waals surface area (Å²) < 4.78 is 69.8. The summed E-state index contributed by atoms with van der Waals surface area (Å²) in [5.41, 5.74) is -1.46. The van der Waals surface area contributed by atoms with Crippen molar-refractivity contribution in [2.24, 2.45) is 0 Å². The lowest BCUT2D eigenvalue weighted by Crippen LogP contribution is -2.19. The summed E-state index contributed by atoms with van der Waals surface area (Å²) in [6.45, 7) is 0. The van der Waals surface area contributed by atoms with Gasteiger partial charge in [-0.25, -0.2) is 8.78 Å². The van der Waals surface area contributed by atoms with Gasteiger partial charge in [0.2, 0.25) is 11.8 Å². The topological polar surface area (TPSA) is 68.7 Å². The number of pyridine rings is 1. The number of carbonyl (C=O) groups is 1. The number of carboxylic acid groups (broad SMARTS) is 1. The Hall–Kier alpha value is -2.13. The van der Waals surface area contributed by atoms with Crippen molar-refractivity contribution in [3.63, 3.8) is 0 Å². The van der Waals surface area contributed by atoms with E-state index in [9.17, 15) is 26.7 Å². The van der Waals surface area contributed by atoms with Gasteiger partial charge in [-0.2, -0.15) is 4.98 Å². The highest BCUT2D eigenvalue weighted by Crippen LogP contribution is 2.35. The fraction of sp³-hybridized carbons (Fsp3) is 0.400. The minimum Gasteiger partial charge on any atom is -0.481 e. The summed E-state index contributed by atoms with van der Waals surface area (Å²) in [6.07, 6.45) is -9.18. The predicted octanol–water partition coefficient (Wildman–Crippen LogP) is 2.55. The van der Waals surface area contributed by atoms with Crippen molar-refractivity contribution in [2.45, 2.75) is 19.2 Å². The zero-order valence-corrected chi connectivity index (χ0v) is 9.87. The van der Waals surface area contributed by atoms with Crippen molar-refractivity contribution < 1.29 is 41.3 Å². The fourth-order valence-electron chi connectivity index (χ4n) is 1.43. The number of rotatable bonds is 5. The number of ether oxygens (including phenoxy) is 2. The Kier molecular flexibility index (Phi) is 4.69. The number of nitrogens with zero attached hydrogens (tertiary/aromatic N) is 1. The van der Waals surface area contributed by atoms with E-state index >= 15 is 0 Å². The Bertz CT molecular complexity index is 503. The molecule has 1 aromatic rings. The summed E-state index contributed by atoms with van der Waals surface area (Å²) in [5, 5.41) is 8.59. The molecule has 0 spiro atoms. The standard InChI is InChI=1S/C10H8F5NO4/c1-19-9-7(8(11)12)4(3-6(17)18)2-5(16-9)20-10(13,14)15/h2,8H,3H2,1H3,(H,17,18). The van der Waals surface area contributed by atoms with Gasteiger partial charge in [0.1, 0.15) is 0 Å². The minimum atomic E-state index is -5.09. The number of hydrogen-bond acceptors (Lipinski definition) is 4. The smallest absolute Gasteiger partial charge is 0.481 e. The maximum atomic E-state index is 12.8. The third kappa shape index (κ3) is 4.21. The second-order valence-corrected chi connectivity index (χ2v) is 3.46. The van der Waals surface area contributed by atoms with E-state index < -0.39 is 48.1 Å².